The van der Waals surface area contributed by atoms with Gasteiger partial charge < -0.3 is 10.6 Å². The zero-order valence-electron chi connectivity index (χ0n) is 11.9. The van der Waals surface area contributed by atoms with E-state index in [0.717, 1.165) is 18.5 Å². The fourth-order valence-electron chi connectivity index (χ4n) is 1.80. The van der Waals surface area contributed by atoms with E-state index in [0.29, 0.717) is 22.9 Å². The van der Waals surface area contributed by atoms with Crippen molar-refractivity contribution in [3.63, 3.8) is 0 Å². The van der Waals surface area contributed by atoms with Crippen LogP contribution in [0.25, 0.3) is 0 Å². The number of nitrogens with zero attached hydrogens (tertiary/aromatic N) is 1. The van der Waals surface area contributed by atoms with Gasteiger partial charge in [-0.3, -0.25) is 4.79 Å². The molecule has 0 fully saturated rings. The maximum Gasteiger partial charge on any atom is 0.224 e. The van der Waals surface area contributed by atoms with Crippen LogP contribution < -0.4 is 10.6 Å². The van der Waals surface area contributed by atoms with Crippen LogP contribution in [-0.2, 0) is 4.79 Å². The average Bonchev–Trinajstić information content (AvgIpc) is 2.49. The molecule has 0 radical (unpaired) electrons. The number of unbranched alkanes of at least 4 members (excludes halogenated alkanes) is 1. The first kappa shape index (κ1) is 15.3. The van der Waals surface area contributed by atoms with E-state index in [1.54, 1.807) is 12.3 Å². The maximum absolute atomic E-state index is 11.6. The molecular weight excluding hydrogens is 286 g/mol. The highest BCUT2D eigenvalue weighted by atomic mass is 35.5. The molecule has 0 saturated heterocycles. The molecule has 5 heteroatoms. The number of benzene rings is 1. The second-order valence-corrected chi connectivity index (χ2v) is 5.10. The first-order valence-electron chi connectivity index (χ1n) is 6.96. The Kier molecular flexibility index (Phi) is 5.58. The molecular formula is C16H18ClN3O. The first-order chi connectivity index (χ1) is 10.2. The van der Waals surface area contributed by atoms with E-state index in [9.17, 15) is 4.79 Å². The second kappa shape index (κ2) is 7.64. The van der Waals surface area contributed by atoms with Gasteiger partial charge >= 0.3 is 0 Å². The Morgan fingerprint density at radius 3 is 2.71 bits per heavy atom. The summed E-state index contributed by atoms with van der Waals surface area (Å²) in [6.07, 6.45) is 4.07. The Hall–Kier alpha value is -2.07. The van der Waals surface area contributed by atoms with Gasteiger partial charge in [-0.2, -0.15) is 0 Å². The smallest absolute Gasteiger partial charge is 0.224 e. The summed E-state index contributed by atoms with van der Waals surface area (Å²) < 4.78 is 0. The van der Waals surface area contributed by atoms with Gasteiger partial charge in [0.25, 0.3) is 0 Å². The molecule has 2 N–H and O–H groups in total. The highest BCUT2D eigenvalue weighted by molar-refractivity contribution is 6.33. The summed E-state index contributed by atoms with van der Waals surface area (Å²) in [4.78, 5) is 15.9. The minimum Gasteiger partial charge on any atom is -0.339 e. The lowest BCUT2D eigenvalue weighted by molar-refractivity contribution is -0.116. The largest absolute Gasteiger partial charge is 0.339 e. The van der Waals surface area contributed by atoms with E-state index in [2.05, 4.69) is 22.5 Å². The minimum atomic E-state index is 0.0189. The highest BCUT2D eigenvalue weighted by Crippen LogP contribution is 2.24. The molecule has 0 aliphatic heterocycles. The van der Waals surface area contributed by atoms with Crippen LogP contribution in [0.5, 0.6) is 0 Å². The molecule has 0 atom stereocenters. The van der Waals surface area contributed by atoms with E-state index in [1.165, 1.54) is 0 Å². The van der Waals surface area contributed by atoms with Crippen LogP contribution in [0.1, 0.15) is 26.2 Å². The Bertz CT molecular complexity index is 599. The van der Waals surface area contributed by atoms with Crippen LogP contribution >= 0.6 is 11.6 Å². The Balaban J connectivity index is 1.96. The molecule has 0 aliphatic rings. The van der Waals surface area contributed by atoms with Crippen LogP contribution in [-0.4, -0.2) is 10.9 Å². The SMILES string of the molecule is CCCCC(=O)Nc1ccc(Nc2ccccc2Cl)nc1. The molecule has 0 aliphatic carbocycles. The van der Waals surface area contributed by atoms with Crippen LogP contribution in [0, 0.1) is 0 Å². The van der Waals surface area contributed by atoms with Crippen LogP contribution in [0.15, 0.2) is 42.6 Å². The van der Waals surface area contributed by atoms with E-state index in [1.807, 2.05) is 30.3 Å². The summed E-state index contributed by atoms with van der Waals surface area (Å²) in [6, 6.07) is 11.1. The number of hydrogen-bond acceptors (Lipinski definition) is 3. The van der Waals surface area contributed by atoms with Gasteiger partial charge in [-0.05, 0) is 30.7 Å². The molecule has 21 heavy (non-hydrogen) atoms. The molecule has 1 aromatic heterocycles. The van der Waals surface area contributed by atoms with Crippen molar-refractivity contribution >= 4 is 34.7 Å². The predicted molar refractivity (Wildman–Crippen MR) is 87.1 cm³/mol. The number of para-hydroxylation sites is 1. The second-order valence-electron chi connectivity index (χ2n) is 4.69. The molecule has 1 aromatic carbocycles. The third-order valence-electron chi connectivity index (χ3n) is 2.94. The van der Waals surface area contributed by atoms with Crippen LogP contribution in [0.2, 0.25) is 5.02 Å². The average molecular weight is 304 g/mol. The molecule has 2 rings (SSSR count). The normalized spacial score (nSPS) is 10.2. The van der Waals surface area contributed by atoms with Crippen molar-refractivity contribution < 1.29 is 4.79 Å². The molecule has 1 amide bonds. The van der Waals surface area contributed by atoms with Crippen molar-refractivity contribution in [3.05, 3.63) is 47.6 Å². The molecule has 110 valence electrons. The fourth-order valence-corrected chi connectivity index (χ4v) is 1.99. The number of nitrogens with one attached hydrogen (secondary N) is 2. The lowest BCUT2D eigenvalue weighted by Crippen LogP contribution is -2.11. The summed E-state index contributed by atoms with van der Waals surface area (Å²) in [6.45, 7) is 2.06. The molecule has 0 unspecified atom stereocenters. The maximum atomic E-state index is 11.6. The molecule has 0 saturated carbocycles. The lowest BCUT2D eigenvalue weighted by Gasteiger charge is -2.08. The van der Waals surface area contributed by atoms with Crippen molar-refractivity contribution in [2.45, 2.75) is 26.2 Å². The predicted octanol–water partition coefficient (Wildman–Crippen LogP) is 4.61. The highest BCUT2D eigenvalue weighted by Gasteiger charge is 2.03. The van der Waals surface area contributed by atoms with Gasteiger partial charge in [-0.15, -0.1) is 0 Å². The zero-order valence-corrected chi connectivity index (χ0v) is 12.7. The molecule has 0 bridgehead atoms. The molecule has 2 aromatic rings. The van der Waals surface area contributed by atoms with Crippen molar-refractivity contribution in [2.24, 2.45) is 0 Å². The quantitative estimate of drug-likeness (QED) is 0.819. The zero-order chi connectivity index (χ0) is 15.1. The van der Waals surface area contributed by atoms with Gasteiger partial charge in [0.1, 0.15) is 5.82 Å². The van der Waals surface area contributed by atoms with E-state index in [4.69, 9.17) is 11.6 Å². The van der Waals surface area contributed by atoms with Crippen molar-refractivity contribution in [1.29, 1.82) is 0 Å². The van der Waals surface area contributed by atoms with Gasteiger partial charge in [0.05, 0.1) is 22.6 Å². The summed E-state index contributed by atoms with van der Waals surface area (Å²) in [5.41, 5.74) is 1.49. The Morgan fingerprint density at radius 2 is 2.05 bits per heavy atom. The third kappa shape index (κ3) is 4.76. The summed E-state index contributed by atoms with van der Waals surface area (Å²) in [5.74, 6) is 0.695. The molecule has 4 nitrogen and oxygen atoms in total. The van der Waals surface area contributed by atoms with Crippen molar-refractivity contribution in [3.8, 4) is 0 Å². The first-order valence-corrected chi connectivity index (χ1v) is 7.34. The number of hydrogen-bond donors (Lipinski definition) is 2. The van der Waals surface area contributed by atoms with Gasteiger partial charge in [-0.25, -0.2) is 4.98 Å². The summed E-state index contributed by atoms with van der Waals surface area (Å²) >= 11 is 6.08. The minimum absolute atomic E-state index is 0.0189. The number of rotatable bonds is 6. The Morgan fingerprint density at radius 1 is 1.24 bits per heavy atom. The number of aromatic nitrogens is 1. The topological polar surface area (TPSA) is 54.0 Å². The van der Waals surface area contributed by atoms with Crippen molar-refractivity contribution in [1.82, 2.24) is 4.98 Å². The number of anilines is 3. The van der Waals surface area contributed by atoms with Crippen LogP contribution in [0.3, 0.4) is 0 Å². The van der Waals surface area contributed by atoms with E-state index < -0.39 is 0 Å². The standard InChI is InChI=1S/C16H18ClN3O/c1-2-3-8-16(21)19-12-9-10-15(18-11-12)20-14-7-5-4-6-13(14)17/h4-7,9-11H,2-3,8H2,1H3,(H,18,20)(H,19,21). The number of carbonyl (C=O) groups is 1. The van der Waals surface area contributed by atoms with Crippen molar-refractivity contribution in [2.75, 3.05) is 10.6 Å². The fraction of sp³-hybridized carbons (Fsp3) is 0.250. The Labute approximate surface area is 129 Å². The number of pyridine rings is 1. The number of amides is 1. The lowest BCUT2D eigenvalue weighted by atomic mass is 10.2. The monoisotopic (exact) mass is 303 g/mol. The van der Waals surface area contributed by atoms with Gasteiger partial charge in [0, 0.05) is 6.42 Å². The van der Waals surface area contributed by atoms with Crippen LogP contribution in [0.4, 0.5) is 17.2 Å². The van der Waals surface area contributed by atoms with Gasteiger partial charge in [0.15, 0.2) is 0 Å². The van der Waals surface area contributed by atoms with Gasteiger partial charge in [0.2, 0.25) is 5.91 Å². The number of carbonyl (C=O) groups excluding carboxylic acids is 1. The summed E-state index contributed by atoms with van der Waals surface area (Å²) in [7, 11) is 0. The molecule has 0 spiro atoms. The summed E-state index contributed by atoms with van der Waals surface area (Å²) in [5, 5.41) is 6.59. The van der Waals surface area contributed by atoms with E-state index >= 15 is 0 Å². The third-order valence-corrected chi connectivity index (χ3v) is 3.27. The molecule has 1 heterocycles. The number of halogens is 1. The van der Waals surface area contributed by atoms with E-state index in [-0.39, 0.29) is 5.91 Å². The van der Waals surface area contributed by atoms with Gasteiger partial charge in [-0.1, -0.05) is 37.1 Å².